The van der Waals surface area contributed by atoms with Crippen LogP contribution in [-0.2, 0) is 6.42 Å². The van der Waals surface area contributed by atoms with Crippen molar-refractivity contribution in [1.82, 2.24) is 29.8 Å². The minimum Gasteiger partial charge on any atom is -0.261 e. The fourth-order valence-electron chi connectivity index (χ4n) is 2.19. The van der Waals surface area contributed by atoms with Gasteiger partial charge in [-0.3, -0.25) is 4.98 Å². The van der Waals surface area contributed by atoms with Crippen LogP contribution < -0.4 is 0 Å². The zero-order valence-corrected chi connectivity index (χ0v) is 12.3. The molecule has 6 nitrogen and oxygen atoms in total. The Morgan fingerprint density at radius 2 is 1.87 bits per heavy atom. The van der Waals surface area contributed by atoms with Crippen LogP contribution in [0.1, 0.15) is 10.6 Å². The van der Waals surface area contributed by atoms with Gasteiger partial charge in [-0.25, -0.2) is 13.8 Å². The third-order valence-electron chi connectivity index (χ3n) is 3.10. The first kappa shape index (κ1) is 13.8. The van der Waals surface area contributed by atoms with Gasteiger partial charge in [0.05, 0.1) is 6.20 Å². The van der Waals surface area contributed by atoms with E-state index in [1.807, 2.05) is 0 Å². The third kappa shape index (κ3) is 2.66. The minimum atomic E-state index is -0.608. The van der Waals surface area contributed by atoms with E-state index in [1.54, 1.807) is 23.1 Å². The molecule has 114 valence electrons. The molecule has 3 aromatic heterocycles. The number of aromatic nitrogens is 6. The van der Waals surface area contributed by atoms with Gasteiger partial charge in [0.2, 0.25) is 10.8 Å². The molecule has 0 spiro atoms. The number of hydrogen-bond donors (Lipinski definition) is 0. The molecule has 0 bridgehead atoms. The van der Waals surface area contributed by atoms with Gasteiger partial charge in [0, 0.05) is 24.9 Å². The van der Waals surface area contributed by atoms with Gasteiger partial charge < -0.3 is 0 Å². The Kier molecular flexibility index (Phi) is 3.27. The first-order chi connectivity index (χ1) is 11.2. The molecular formula is C14H8F2N6S. The third-order valence-corrected chi connectivity index (χ3v) is 4.00. The summed E-state index contributed by atoms with van der Waals surface area (Å²) < 4.78 is 28.1. The molecule has 23 heavy (non-hydrogen) atoms. The molecule has 9 heteroatoms. The first-order valence-corrected chi connectivity index (χ1v) is 7.43. The number of rotatable bonds is 3. The van der Waals surface area contributed by atoms with Gasteiger partial charge >= 0.3 is 0 Å². The van der Waals surface area contributed by atoms with Crippen LogP contribution in [0.2, 0.25) is 0 Å². The minimum absolute atomic E-state index is 0.308. The van der Waals surface area contributed by atoms with Crippen LogP contribution in [0, 0.1) is 11.6 Å². The Hall–Kier alpha value is -2.81. The highest BCUT2D eigenvalue weighted by Gasteiger charge is 2.15. The maximum Gasteiger partial charge on any atom is 0.235 e. The van der Waals surface area contributed by atoms with Crippen molar-refractivity contribution in [2.24, 2.45) is 0 Å². The second kappa shape index (κ2) is 5.43. The molecule has 0 saturated heterocycles. The average molecular weight is 330 g/mol. The Morgan fingerprint density at radius 3 is 2.61 bits per heavy atom. The van der Waals surface area contributed by atoms with E-state index in [0.29, 0.717) is 33.5 Å². The molecule has 0 aliphatic rings. The largest absolute Gasteiger partial charge is 0.261 e. The highest BCUT2D eigenvalue weighted by atomic mass is 32.1. The van der Waals surface area contributed by atoms with E-state index in [0.717, 1.165) is 6.07 Å². The zero-order chi connectivity index (χ0) is 15.8. The predicted molar refractivity (Wildman–Crippen MR) is 78.8 cm³/mol. The molecule has 4 aromatic rings. The number of halogens is 2. The van der Waals surface area contributed by atoms with Gasteiger partial charge in [-0.1, -0.05) is 11.3 Å². The van der Waals surface area contributed by atoms with Crippen LogP contribution in [0.5, 0.6) is 0 Å². The van der Waals surface area contributed by atoms with Crippen LogP contribution >= 0.6 is 11.3 Å². The average Bonchev–Trinajstić information content (AvgIpc) is 3.06. The summed E-state index contributed by atoms with van der Waals surface area (Å²) in [5, 5.41) is 13.2. The lowest BCUT2D eigenvalue weighted by atomic mass is 10.1. The zero-order valence-electron chi connectivity index (χ0n) is 11.5. The highest BCUT2D eigenvalue weighted by molar-refractivity contribution is 7.16. The van der Waals surface area contributed by atoms with Crippen molar-refractivity contribution in [3.8, 4) is 11.5 Å². The van der Waals surface area contributed by atoms with Crippen LogP contribution in [0.15, 0.2) is 36.8 Å². The quantitative estimate of drug-likeness (QED) is 0.577. The lowest BCUT2D eigenvalue weighted by molar-refractivity contribution is 0.580. The number of nitrogens with zero attached hydrogens (tertiary/aromatic N) is 6. The summed E-state index contributed by atoms with van der Waals surface area (Å²) in [5.41, 5.74) is 1.06. The smallest absolute Gasteiger partial charge is 0.235 e. The molecule has 0 aliphatic heterocycles. The van der Waals surface area contributed by atoms with Crippen molar-refractivity contribution in [2.75, 3.05) is 0 Å². The Balaban J connectivity index is 1.71. The van der Waals surface area contributed by atoms with Crippen molar-refractivity contribution in [1.29, 1.82) is 0 Å². The topological polar surface area (TPSA) is 68.9 Å². The van der Waals surface area contributed by atoms with Crippen molar-refractivity contribution < 1.29 is 8.78 Å². The standard InChI is InChI=1S/C14H8F2N6S/c15-9-3-8(4-10(16)6-9)5-12-21-22-13(19-20-14(22)23-12)11-7-17-1-2-18-11/h1-4,6-7H,5H2. The molecule has 0 radical (unpaired) electrons. The van der Waals surface area contributed by atoms with Gasteiger partial charge in [0.25, 0.3) is 0 Å². The van der Waals surface area contributed by atoms with Gasteiger partial charge in [-0.05, 0) is 17.7 Å². The summed E-state index contributed by atoms with van der Waals surface area (Å²) in [4.78, 5) is 8.74. The molecule has 0 N–H and O–H groups in total. The molecule has 3 heterocycles. The Bertz CT molecular complexity index is 961. The van der Waals surface area contributed by atoms with E-state index in [2.05, 4.69) is 25.3 Å². The van der Waals surface area contributed by atoms with Crippen molar-refractivity contribution in [2.45, 2.75) is 6.42 Å². The molecule has 1 aromatic carbocycles. The van der Waals surface area contributed by atoms with Crippen molar-refractivity contribution in [3.63, 3.8) is 0 Å². The number of fused-ring (bicyclic) bond motifs is 1. The Labute approximate surface area is 132 Å². The van der Waals surface area contributed by atoms with Gasteiger partial charge in [0.15, 0.2) is 0 Å². The molecule has 0 unspecified atom stereocenters. The van der Waals surface area contributed by atoms with E-state index < -0.39 is 11.6 Å². The highest BCUT2D eigenvalue weighted by Crippen LogP contribution is 2.22. The summed E-state index contributed by atoms with van der Waals surface area (Å²) in [6, 6.07) is 3.42. The van der Waals surface area contributed by atoms with E-state index in [1.165, 1.54) is 23.5 Å². The van der Waals surface area contributed by atoms with Gasteiger partial charge in [0.1, 0.15) is 22.3 Å². The van der Waals surface area contributed by atoms with E-state index in [9.17, 15) is 8.78 Å². The van der Waals surface area contributed by atoms with E-state index >= 15 is 0 Å². The Morgan fingerprint density at radius 1 is 1.04 bits per heavy atom. The summed E-state index contributed by atoms with van der Waals surface area (Å²) in [6.07, 6.45) is 4.99. The SMILES string of the molecule is Fc1cc(F)cc(Cc2nn3c(-c4cnccn4)nnc3s2)c1. The maximum atomic E-state index is 13.3. The van der Waals surface area contributed by atoms with Crippen LogP contribution in [-0.4, -0.2) is 29.8 Å². The summed E-state index contributed by atoms with van der Waals surface area (Å²) in [7, 11) is 0. The molecule has 4 rings (SSSR count). The van der Waals surface area contributed by atoms with Crippen LogP contribution in [0.25, 0.3) is 16.5 Å². The number of hydrogen-bond acceptors (Lipinski definition) is 6. The van der Waals surface area contributed by atoms with Gasteiger partial charge in [-0.15, -0.1) is 10.2 Å². The number of benzene rings is 1. The molecule has 0 fully saturated rings. The first-order valence-electron chi connectivity index (χ1n) is 6.61. The predicted octanol–water partition coefficient (Wildman–Crippen LogP) is 2.51. The lowest BCUT2D eigenvalue weighted by Gasteiger charge is -1.99. The van der Waals surface area contributed by atoms with Crippen LogP contribution in [0.4, 0.5) is 8.78 Å². The monoisotopic (exact) mass is 330 g/mol. The second-order valence-corrected chi connectivity index (χ2v) is 5.80. The van der Waals surface area contributed by atoms with E-state index in [4.69, 9.17) is 0 Å². The maximum absolute atomic E-state index is 13.3. The summed E-state index contributed by atoms with van der Waals surface area (Å²) in [6.45, 7) is 0. The molecule has 0 atom stereocenters. The molecule has 0 saturated carbocycles. The van der Waals surface area contributed by atoms with Gasteiger partial charge in [-0.2, -0.15) is 9.61 Å². The lowest BCUT2D eigenvalue weighted by Crippen LogP contribution is -1.96. The van der Waals surface area contributed by atoms with Crippen molar-refractivity contribution >= 4 is 16.3 Å². The molecule has 0 amide bonds. The fourth-order valence-corrected chi connectivity index (χ4v) is 3.06. The normalized spacial score (nSPS) is 11.2. The fraction of sp³-hybridized carbons (Fsp3) is 0.0714. The second-order valence-electron chi connectivity index (χ2n) is 4.76. The van der Waals surface area contributed by atoms with Crippen LogP contribution in [0.3, 0.4) is 0 Å². The summed E-state index contributed by atoms with van der Waals surface area (Å²) >= 11 is 1.30. The summed E-state index contributed by atoms with van der Waals surface area (Å²) in [5.74, 6) is -0.743. The molecular weight excluding hydrogens is 322 g/mol. The van der Waals surface area contributed by atoms with E-state index in [-0.39, 0.29) is 0 Å². The van der Waals surface area contributed by atoms with Crippen molar-refractivity contribution in [3.05, 3.63) is 59.0 Å². The molecule has 0 aliphatic carbocycles.